The maximum Gasteiger partial charge on any atom is 0.321 e. The maximum absolute atomic E-state index is 13.0. The van der Waals surface area contributed by atoms with Crippen LogP contribution in [-0.2, 0) is 4.79 Å². The Morgan fingerprint density at radius 3 is 2.78 bits per heavy atom. The van der Waals surface area contributed by atoms with Crippen molar-refractivity contribution in [2.24, 2.45) is 0 Å². The van der Waals surface area contributed by atoms with Crippen molar-refractivity contribution in [2.75, 3.05) is 16.8 Å². The van der Waals surface area contributed by atoms with E-state index in [9.17, 15) is 14.0 Å². The molecule has 1 aromatic heterocycles. The molecular weight excluding hydrogens is 319 g/mol. The van der Waals surface area contributed by atoms with Crippen molar-refractivity contribution in [3.05, 3.63) is 41.2 Å². The van der Waals surface area contributed by atoms with Gasteiger partial charge in [0.2, 0.25) is 5.91 Å². The van der Waals surface area contributed by atoms with Crippen LogP contribution in [0.5, 0.6) is 0 Å². The summed E-state index contributed by atoms with van der Waals surface area (Å²) >= 11 is 1.34. The van der Waals surface area contributed by atoms with Gasteiger partial charge < -0.3 is 10.2 Å². The Bertz CT molecular complexity index is 731. The van der Waals surface area contributed by atoms with E-state index < -0.39 is 6.03 Å². The van der Waals surface area contributed by atoms with Gasteiger partial charge in [0.05, 0.1) is 11.7 Å². The van der Waals surface area contributed by atoms with Crippen LogP contribution in [-0.4, -0.2) is 29.5 Å². The molecule has 1 aliphatic heterocycles. The lowest BCUT2D eigenvalue weighted by Gasteiger charge is -2.17. The highest BCUT2D eigenvalue weighted by molar-refractivity contribution is 7.13. The molecule has 1 aromatic carbocycles. The fourth-order valence-corrected chi connectivity index (χ4v) is 3.09. The van der Waals surface area contributed by atoms with E-state index in [4.69, 9.17) is 0 Å². The van der Waals surface area contributed by atoms with Gasteiger partial charge in [0.25, 0.3) is 0 Å². The fourth-order valence-electron chi connectivity index (χ4n) is 2.40. The van der Waals surface area contributed by atoms with Crippen LogP contribution in [0, 0.1) is 12.7 Å². The molecule has 3 rings (SSSR count). The van der Waals surface area contributed by atoms with Crippen molar-refractivity contribution >= 4 is 34.1 Å². The van der Waals surface area contributed by atoms with Gasteiger partial charge in [-0.25, -0.2) is 14.2 Å². The Kier molecular flexibility index (Phi) is 4.24. The zero-order chi connectivity index (χ0) is 16.4. The summed E-state index contributed by atoms with van der Waals surface area (Å²) in [6.07, 6.45) is 0.210. The number of aryl methyl sites for hydroxylation is 1. The Hall–Kier alpha value is -2.48. The number of hydrogen-bond acceptors (Lipinski definition) is 4. The molecule has 3 amide bonds. The van der Waals surface area contributed by atoms with Gasteiger partial charge >= 0.3 is 6.03 Å². The van der Waals surface area contributed by atoms with Crippen LogP contribution in [0.4, 0.5) is 20.0 Å². The number of hydrogen-bond donors (Lipinski definition) is 2. The van der Waals surface area contributed by atoms with Gasteiger partial charge in [0, 0.05) is 24.0 Å². The summed E-state index contributed by atoms with van der Waals surface area (Å²) in [4.78, 5) is 29.7. The zero-order valence-corrected chi connectivity index (χ0v) is 13.2. The highest BCUT2D eigenvalue weighted by atomic mass is 32.1. The number of nitrogens with one attached hydrogen (secondary N) is 2. The third kappa shape index (κ3) is 3.65. The summed E-state index contributed by atoms with van der Waals surface area (Å²) in [6.45, 7) is 2.20. The standard InChI is InChI=1S/C15H15FN4O2S/c1-9-8-23-15(17-9)19-14(22)18-11-6-13(21)20(7-11)12-4-2-10(16)3-5-12/h2-5,8,11H,6-7H2,1H3,(H2,17,18,19,22). The largest absolute Gasteiger partial charge is 0.333 e. The number of halogens is 1. The van der Waals surface area contributed by atoms with Crippen LogP contribution in [0.1, 0.15) is 12.1 Å². The quantitative estimate of drug-likeness (QED) is 0.906. The molecule has 120 valence electrons. The van der Waals surface area contributed by atoms with E-state index in [-0.39, 0.29) is 24.2 Å². The number of nitrogens with zero attached hydrogens (tertiary/aromatic N) is 2. The average molecular weight is 334 g/mol. The number of anilines is 2. The lowest BCUT2D eigenvalue weighted by molar-refractivity contribution is -0.117. The summed E-state index contributed by atoms with van der Waals surface area (Å²) in [5.41, 5.74) is 1.46. The minimum Gasteiger partial charge on any atom is -0.333 e. The number of rotatable bonds is 3. The third-order valence-corrected chi connectivity index (χ3v) is 4.31. The summed E-state index contributed by atoms with van der Waals surface area (Å²) in [6, 6.07) is 5.02. The second-order valence-corrected chi connectivity index (χ2v) is 6.13. The molecule has 0 bridgehead atoms. The highest BCUT2D eigenvalue weighted by Gasteiger charge is 2.31. The summed E-state index contributed by atoms with van der Waals surface area (Å²) in [5, 5.41) is 7.75. The molecule has 0 radical (unpaired) electrons. The first-order chi connectivity index (χ1) is 11.0. The molecule has 1 atom stereocenters. The molecule has 23 heavy (non-hydrogen) atoms. The van der Waals surface area contributed by atoms with E-state index in [0.717, 1.165) is 5.69 Å². The molecular formula is C15H15FN4O2S. The number of carbonyl (C=O) groups is 2. The minimum atomic E-state index is -0.391. The molecule has 2 heterocycles. The van der Waals surface area contributed by atoms with E-state index in [0.29, 0.717) is 17.4 Å². The monoisotopic (exact) mass is 334 g/mol. The molecule has 0 saturated carbocycles. The van der Waals surface area contributed by atoms with Gasteiger partial charge in [-0.15, -0.1) is 11.3 Å². The first-order valence-electron chi connectivity index (χ1n) is 7.07. The smallest absolute Gasteiger partial charge is 0.321 e. The fraction of sp³-hybridized carbons (Fsp3) is 0.267. The summed E-state index contributed by atoms with van der Waals surface area (Å²) < 4.78 is 13.0. The van der Waals surface area contributed by atoms with Crippen LogP contribution >= 0.6 is 11.3 Å². The van der Waals surface area contributed by atoms with Gasteiger partial charge in [0.1, 0.15) is 5.82 Å². The van der Waals surface area contributed by atoms with E-state index >= 15 is 0 Å². The molecule has 2 aromatic rings. The summed E-state index contributed by atoms with van der Waals surface area (Å²) in [7, 11) is 0. The number of carbonyl (C=O) groups excluding carboxylic acids is 2. The predicted octanol–water partition coefficient (Wildman–Crippen LogP) is 2.52. The molecule has 0 aliphatic carbocycles. The number of urea groups is 1. The number of amides is 3. The van der Waals surface area contributed by atoms with Gasteiger partial charge in [-0.1, -0.05) is 0 Å². The van der Waals surface area contributed by atoms with Crippen LogP contribution in [0.2, 0.25) is 0 Å². The topological polar surface area (TPSA) is 74.3 Å². The van der Waals surface area contributed by atoms with Crippen molar-refractivity contribution in [1.82, 2.24) is 10.3 Å². The van der Waals surface area contributed by atoms with E-state index in [1.54, 1.807) is 12.1 Å². The number of aromatic nitrogens is 1. The van der Waals surface area contributed by atoms with Crippen LogP contribution in [0.25, 0.3) is 0 Å². The molecule has 1 aliphatic rings. The first-order valence-corrected chi connectivity index (χ1v) is 7.95. The van der Waals surface area contributed by atoms with E-state index in [2.05, 4.69) is 15.6 Å². The average Bonchev–Trinajstić information content (AvgIpc) is 3.06. The minimum absolute atomic E-state index is 0.105. The number of benzene rings is 1. The van der Waals surface area contributed by atoms with Crippen LogP contribution in [0.15, 0.2) is 29.6 Å². The predicted molar refractivity (Wildman–Crippen MR) is 86.2 cm³/mol. The highest BCUT2D eigenvalue weighted by Crippen LogP contribution is 2.22. The number of thiazole rings is 1. The lowest BCUT2D eigenvalue weighted by Crippen LogP contribution is -2.39. The van der Waals surface area contributed by atoms with E-state index in [1.165, 1.54) is 28.4 Å². The molecule has 1 saturated heterocycles. The Morgan fingerprint density at radius 1 is 1.39 bits per heavy atom. The SMILES string of the molecule is Cc1csc(NC(=O)NC2CC(=O)N(c3ccc(F)cc3)C2)n1. The Morgan fingerprint density at radius 2 is 2.13 bits per heavy atom. The van der Waals surface area contributed by atoms with Crippen LogP contribution in [0.3, 0.4) is 0 Å². The van der Waals surface area contributed by atoms with Crippen molar-refractivity contribution in [1.29, 1.82) is 0 Å². The second-order valence-electron chi connectivity index (χ2n) is 5.27. The van der Waals surface area contributed by atoms with Gasteiger partial charge in [-0.3, -0.25) is 10.1 Å². The van der Waals surface area contributed by atoms with Gasteiger partial charge in [-0.2, -0.15) is 0 Å². The first kappa shape index (κ1) is 15.4. The van der Waals surface area contributed by atoms with Crippen LogP contribution < -0.4 is 15.5 Å². The zero-order valence-electron chi connectivity index (χ0n) is 12.4. The van der Waals surface area contributed by atoms with Crippen molar-refractivity contribution < 1.29 is 14.0 Å². The normalized spacial score (nSPS) is 17.4. The molecule has 1 unspecified atom stereocenters. The van der Waals surface area contributed by atoms with E-state index in [1.807, 2.05) is 12.3 Å². The van der Waals surface area contributed by atoms with Gasteiger partial charge in [0.15, 0.2) is 5.13 Å². The Labute approximate surface area is 136 Å². The summed E-state index contributed by atoms with van der Waals surface area (Å²) in [5.74, 6) is -0.458. The van der Waals surface area contributed by atoms with Gasteiger partial charge in [-0.05, 0) is 31.2 Å². The van der Waals surface area contributed by atoms with Crippen molar-refractivity contribution in [3.63, 3.8) is 0 Å². The maximum atomic E-state index is 13.0. The molecule has 0 spiro atoms. The lowest BCUT2D eigenvalue weighted by atomic mass is 10.2. The van der Waals surface area contributed by atoms with Crippen molar-refractivity contribution in [3.8, 4) is 0 Å². The molecule has 6 nitrogen and oxygen atoms in total. The molecule has 8 heteroatoms. The molecule has 1 fully saturated rings. The Balaban J connectivity index is 1.59. The second kappa shape index (κ2) is 6.33. The molecule has 2 N–H and O–H groups in total. The van der Waals surface area contributed by atoms with Crippen molar-refractivity contribution in [2.45, 2.75) is 19.4 Å². The third-order valence-electron chi connectivity index (χ3n) is 3.44.